The summed E-state index contributed by atoms with van der Waals surface area (Å²) in [6.07, 6.45) is 2.29. The number of rotatable bonds is 4. The number of pyridine rings is 1. The number of hydrogen-bond donors (Lipinski definition) is 0. The third kappa shape index (κ3) is 2.22. The molecule has 5 nitrogen and oxygen atoms in total. The van der Waals surface area contributed by atoms with E-state index in [9.17, 15) is 4.79 Å². The molecule has 94 valence electrons. The van der Waals surface area contributed by atoms with Gasteiger partial charge in [-0.2, -0.15) is 5.10 Å². The molecular formula is C12H12ClN3O2. The molecule has 0 unspecified atom stereocenters. The first-order valence-electron chi connectivity index (χ1n) is 5.44. The van der Waals surface area contributed by atoms with Crippen LogP contribution in [0.25, 0.3) is 11.4 Å². The largest absolute Gasteiger partial charge is 0.494 e. The van der Waals surface area contributed by atoms with Gasteiger partial charge >= 0.3 is 0 Å². The van der Waals surface area contributed by atoms with Gasteiger partial charge in [0.2, 0.25) is 0 Å². The summed E-state index contributed by atoms with van der Waals surface area (Å²) in [5.74, 6) is 0.682. The summed E-state index contributed by atoms with van der Waals surface area (Å²) >= 11 is 5.98. The Morgan fingerprint density at radius 2 is 2.33 bits per heavy atom. The van der Waals surface area contributed by atoms with E-state index in [1.54, 1.807) is 25.4 Å². The van der Waals surface area contributed by atoms with E-state index in [-0.39, 0.29) is 0 Å². The van der Waals surface area contributed by atoms with Crippen LogP contribution in [0, 0.1) is 0 Å². The van der Waals surface area contributed by atoms with E-state index in [1.807, 2.05) is 6.92 Å². The Balaban J connectivity index is 2.51. The van der Waals surface area contributed by atoms with Crippen LogP contribution in [0.2, 0.25) is 5.15 Å². The Hall–Kier alpha value is -1.88. The van der Waals surface area contributed by atoms with Crippen LogP contribution in [0.4, 0.5) is 0 Å². The van der Waals surface area contributed by atoms with Crippen LogP contribution in [-0.4, -0.2) is 27.7 Å². The summed E-state index contributed by atoms with van der Waals surface area (Å²) in [6, 6.07) is 3.48. The van der Waals surface area contributed by atoms with E-state index >= 15 is 0 Å². The predicted molar refractivity (Wildman–Crippen MR) is 68.0 cm³/mol. The topological polar surface area (TPSA) is 57.0 Å². The SMILES string of the molecule is CCOc1ccnc(-c2nn(C)c(Cl)c2C=O)c1. The summed E-state index contributed by atoms with van der Waals surface area (Å²) in [5, 5.41) is 4.48. The molecule has 2 rings (SSSR count). The van der Waals surface area contributed by atoms with Gasteiger partial charge in [0.15, 0.2) is 6.29 Å². The highest BCUT2D eigenvalue weighted by molar-refractivity contribution is 6.32. The Bertz CT molecular complexity index is 581. The highest BCUT2D eigenvalue weighted by Crippen LogP contribution is 2.27. The van der Waals surface area contributed by atoms with E-state index in [2.05, 4.69) is 10.1 Å². The van der Waals surface area contributed by atoms with E-state index in [1.165, 1.54) is 4.68 Å². The molecule has 18 heavy (non-hydrogen) atoms. The van der Waals surface area contributed by atoms with Crippen LogP contribution in [-0.2, 0) is 7.05 Å². The molecule has 0 N–H and O–H groups in total. The van der Waals surface area contributed by atoms with Crippen molar-refractivity contribution >= 4 is 17.9 Å². The van der Waals surface area contributed by atoms with Gasteiger partial charge < -0.3 is 4.74 Å². The van der Waals surface area contributed by atoms with Crippen LogP contribution in [0.15, 0.2) is 18.3 Å². The van der Waals surface area contributed by atoms with Crippen molar-refractivity contribution in [2.75, 3.05) is 6.61 Å². The summed E-state index contributed by atoms with van der Waals surface area (Å²) < 4.78 is 6.82. The predicted octanol–water partition coefficient (Wildman–Crippen LogP) is 2.35. The molecule has 0 saturated heterocycles. The first kappa shape index (κ1) is 12.6. The molecule has 0 aliphatic rings. The number of aryl methyl sites for hydroxylation is 1. The lowest BCUT2D eigenvalue weighted by molar-refractivity contribution is 0.112. The molecule has 0 aliphatic carbocycles. The second-order valence-electron chi connectivity index (χ2n) is 3.60. The lowest BCUT2D eigenvalue weighted by atomic mass is 10.2. The van der Waals surface area contributed by atoms with Crippen LogP contribution in [0.1, 0.15) is 17.3 Å². The van der Waals surface area contributed by atoms with E-state index < -0.39 is 0 Å². The van der Waals surface area contributed by atoms with Crippen molar-refractivity contribution in [2.45, 2.75) is 6.92 Å². The highest BCUT2D eigenvalue weighted by Gasteiger charge is 2.16. The van der Waals surface area contributed by atoms with Gasteiger partial charge in [-0.1, -0.05) is 11.6 Å². The Kier molecular flexibility index (Phi) is 3.62. The third-order valence-corrected chi connectivity index (χ3v) is 2.86. The summed E-state index contributed by atoms with van der Waals surface area (Å²) in [4.78, 5) is 15.2. The average molecular weight is 266 g/mol. The van der Waals surface area contributed by atoms with Crippen molar-refractivity contribution in [1.29, 1.82) is 0 Å². The number of carbonyl (C=O) groups excluding carboxylic acids is 1. The molecule has 0 fully saturated rings. The number of ether oxygens (including phenoxy) is 1. The number of halogens is 1. The zero-order valence-electron chi connectivity index (χ0n) is 10.1. The maximum Gasteiger partial charge on any atom is 0.155 e. The Morgan fingerprint density at radius 3 is 3.00 bits per heavy atom. The van der Waals surface area contributed by atoms with E-state index in [0.29, 0.717) is 40.7 Å². The molecule has 2 aromatic rings. The first-order valence-corrected chi connectivity index (χ1v) is 5.82. The van der Waals surface area contributed by atoms with Crippen molar-refractivity contribution in [3.05, 3.63) is 29.0 Å². The van der Waals surface area contributed by atoms with Gasteiger partial charge in [-0.05, 0) is 13.0 Å². The maximum atomic E-state index is 11.0. The Labute approximate surface area is 109 Å². The zero-order chi connectivity index (χ0) is 13.1. The minimum atomic E-state index is 0.295. The van der Waals surface area contributed by atoms with E-state index in [4.69, 9.17) is 16.3 Å². The van der Waals surface area contributed by atoms with Crippen LogP contribution in [0.3, 0.4) is 0 Å². The van der Waals surface area contributed by atoms with Crippen LogP contribution < -0.4 is 4.74 Å². The molecule has 0 saturated carbocycles. The second-order valence-corrected chi connectivity index (χ2v) is 3.96. The van der Waals surface area contributed by atoms with Gasteiger partial charge in [-0.15, -0.1) is 0 Å². The van der Waals surface area contributed by atoms with Crippen molar-refractivity contribution in [3.63, 3.8) is 0 Å². The Morgan fingerprint density at radius 1 is 1.56 bits per heavy atom. The number of nitrogens with zero attached hydrogens (tertiary/aromatic N) is 3. The number of carbonyl (C=O) groups is 1. The fourth-order valence-corrected chi connectivity index (χ4v) is 1.78. The molecule has 2 heterocycles. The maximum absolute atomic E-state index is 11.0. The monoisotopic (exact) mass is 265 g/mol. The number of aldehydes is 1. The molecule has 2 aromatic heterocycles. The molecule has 6 heteroatoms. The summed E-state index contributed by atoms with van der Waals surface area (Å²) in [6.45, 7) is 2.46. The van der Waals surface area contributed by atoms with Crippen molar-refractivity contribution in [3.8, 4) is 17.1 Å². The molecule has 0 atom stereocenters. The lowest BCUT2D eigenvalue weighted by Crippen LogP contribution is -1.94. The lowest BCUT2D eigenvalue weighted by Gasteiger charge is -2.03. The quantitative estimate of drug-likeness (QED) is 0.796. The average Bonchev–Trinajstić information content (AvgIpc) is 2.66. The third-order valence-electron chi connectivity index (χ3n) is 2.41. The summed E-state index contributed by atoms with van der Waals surface area (Å²) in [5.41, 5.74) is 1.35. The molecule has 0 aromatic carbocycles. The normalized spacial score (nSPS) is 10.4. The minimum absolute atomic E-state index is 0.295. The molecule has 0 bridgehead atoms. The van der Waals surface area contributed by atoms with Gasteiger partial charge in [0, 0.05) is 19.3 Å². The van der Waals surface area contributed by atoms with Crippen molar-refractivity contribution < 1.29 is 9.53 Å². The fourth-order valence-electron chi connectivity index (χ4n) is 1.61. The smallest absolute Gasteiger partial charge is 0.155 e. The van der Waals surface area contributed by atoms with Crippen molar-refractivity contribution in [1.82, 2.24) is 14.8 Å². The van der Waals surface area contributed by atoms with Crippen molar-refractivity contribution in [2.24, 2.45) is 7.05 Å². The zero-order valence-corrected chi connectivity index (χ0v) is 10.8. The van der Waals surface area contributed by atoms with Crippen LogP contribution in [0.5, 0.6) is 5.75 Å². The molecule has 0 aliphatic heterocycles. The van der Waals surface area contributed by atoms with Gasteiger partial charge in [0.1, 0.15) is 16.6 Å². The molecular weight excluding hydrogens is 254 g/mol. The van der Waals surface area contributed by atoms with Gasteiger partial charge in [0.05, 0.1) is 17.9 Å². The molecule has 0 radical (unpaired) electrons. The summed E-state index contributed by atoms with van der Waals surface area (Å²) in [7, 11) is 1.67. The van der Waals surface area contributed by atoms with E-state index in [0.717, 1.165) is 0 Å². The fraction of sp³-hybridized carbons (Fsp3) is 0.250. The van der Waals surface area contributed by atoms with Gasteiger partial charge in [-0.25, -0.2) is 0 Å². The number of aromatic nitrogens is 3. The van der Waals surface area contributed by atoms with Gasteiger partial charge in [0.25, 0.3) is 0 Å². The molecule has 0 amide bonds. The standard InChI is InChI=1S/C12H12ClN3O2/c1-3-18-8-4-5-14-10(6-8)11-9(7-17)12(13)16(2)15-11/h4-7H,3H2,1-2H3. The van der Waals surface area contributed by atoms with Crippen LogP contribution >= 0.6 is 11.6 Å². The number of hydrogen-bond acceptors (Lipinski definition) is 4. The molecule has 0 spiro atoms. The highest BCUT2D eigenvalue weighted by atomic mass is 35.5. The second kappa shape index (κ2) is 5.18. The first-order chi connectivity index (χ1) is 8.67. The van der Waals surface area contributed by atoms with Gasteiger partial charge in [-0.3, -0.25) is 14.5 Å². The minimum Gasteiger partial charge on any atom is -0.494 e.